The van der Waals surface area contributed by atoms with Gasteiger partial charge in [-0.15, -0.1) is 0 Å². The number of rotatable bonds is 5. The Morgan fingerprint density at radius 1 is 1.30 bits per heavy atom. The summed E-state index contributed by atoms with van der Waals surface area (Å²) < 4.78 is 27.1. The summed E-state index contributed by atoms with van der Waals surface area (Å²) in [6.07, 6.45) is -0.148. The summed E-state index contributed by atoms with van der Waals surface area (Å²) in [6.45, 7) is 0.986. The van der Waals surface area contributed by atoms with Gasteiger partial charge in [-0.3, -0.25) is 14.4 Å². The number of nitrogens with zero attached hydrogens (tertiary/aromatic N) is 3. The van der Waals surface area contributed by atoms with Crippen molar-refractivity contribution in [3.8, 4) is 6.07 Å². The minimum absolute atomic E-state index is 0.0392. The maximum atomic E-state index is 13.6. The van der Waals surface area contributed by atoms with E-state index >= 15 is 0 Å². The average molecular weight is 418 g/mol. The molecule has 3 amide bonds. The number of halogens is 2. The van der Waals surface area contributed by atoms with Gasteiger partial charge in [-0.1, -0.05) is 30.3 Å². The number of carbonyl (C=O) groups is 3. The first-order valence-electron chi connectivity index (χ1n) is 9.96. The number of alkyl halides is 2. The molecule has 30 heavy (non-hydrogen) atoms. The third kappa shape index (κ3) is 4.42. The van der Waals surface area contributed by atoms with Crippen LogP contribution in [0.1, 0.15) is 37.8 Å². The molecule has 0 spiro atoms. The molecule has 2 aliphatic heterocycles. The van der Waals surface area contributed by atoms with E-state index < -0.39 is 55.2 Å². The molecule has 0 saturated carbocycles. The van der Waals surface area contributed by atoms with Crippen molar-refractivity contribution in [2.45, 2.75) is 44.2 Å². The van der Waals surface area contributed by atoms with Gasteiger partial charge in [0.15, 0.2) is 0 Å². The fourth-order valence-electron chi connectivity index (χ4n) is 4.25. The third-order valence-corrected chi connectivity index (χ3v) is 5.68. The highest BCUT2D eigenvalue weighted by molar-refractivity contribution is 5.88. The summed E-state index contributed by atoms with van der Waals surface area (Å²) in [6, 6.07) is 9.25. The molecule has 1 N–H and O–H groups in total. The summed E-state index contributed by atoms with van der Waals surface area (Å²) in [5, 5.41) is 11.6. The summed E-state index contributed by atoms with van der Waals surface area (Å²) in [5.41, 5.74) is 0.822. The van der Waals surface area contributed by atoms with Crippen LogP contribution in [0.15, 0.2) is 30.3 Å². The molecular weight excluding hydrogens is 394 g/mol. The third-order valence-electron chi connectivity index (χ3n) is 5.68. The van der Waals surface area contributed by atoms with Gasteiger partial charge in [0.25, 0.3) is 5.92 Å². The highest BCUT2D eigenvalue weighted by atomic mass is 19.3. The number of likely N-dealkylation sites (tertiary alicyclic amines) is 2. The van der Waals surface area contributed by atoms with Crippen molar-refractivity contribution >= 4 is 17.7 Å². The van der Waals surface area contributed by atoms with Crippen molar-refractivity contribution < 1.29 is 23.2 Å². The predicted molar refractivity (Wildman–Crippen MR) is 103 cm³/mol. The van der Waals surface area contributed by atoms with Crippen molar-refractivity contribution in [1.82, 2.24) is 15.1 Å². The van der Waals surface area contributed by atoms with Crippen molar-refractivity contribution in [2.75, 3.05) is 19.6 Å². The number of carbonyl (C=O) groups excluding carboxylic acids is 3. The van der Waals surface area contributed by atoms with Gasteiger partial charge < -0.3 is 15.1 Å². The normalized spacial score (nSPS) is 25.7. The van der Waals surface area contributed by atoms with Crippen LogP contribution in [0.2, 0.25) is 0 Å². The lowest BCUT2D eigenvalue weighted by molar-refractivity contribution is -0.144. The molecule has 0 bridgehead atoms. The highest BCUT2D eigenvalue weighted by Crippen LogP contribution is 2.37. The molecule has 9 heteroatoms. The standard InChI is InChI=1S/C21H24F2N4O3/c1-2-26-17(28)9-8-16(19(26)14-6-4-3-5-7-14)20(30)25-12-18(29)27-13-21(22,23)10-15(27)11-24/h3-7,15-16,19H,2,8-10,12-13H2,1H3,(H,25,30)/t15-,16?,19?/m0/s1. The molecule has 2 fully saturated rings. The Bertz CT molecular complexity index is 856. The van der Waals surface area contributed by atoms with Gasteiger partial charge in [-0.2, -0.15) is 5.26 Å². The minimum Gasteiger partial charge on any atom is -0.347 e. The topological polar surface area (TPSA) is 93.5 Å². The van der Waals surface area contributed by atoms with Gasteiger partial charge in [-0.05, 0) is 18.9 Å². The van der Waals surface area contributed by atoms with Crippen LogP contribution < -0.4 is 5.32 Å². The van der Waals surface area contributed by atoms with Gasteiger partial charge in [0, 0.05) is 19.4 Å². The number of nitriles is 1. The first kappa shape index (κ1) is 21.7. The quantitative estimate of drug-likeness (QED) is 0.790. The Labute approximate surface area is 173 Å². The Hall–Kier alpha value is -3.02. The van der Waals surface area contributed by atoms with E-state index in [2.05, 4.69) is 5.32 Å². The molecule has 0 radical (unpaired) electrons. The zero-order chi connectivity index (χ0) is 21.9. The Morgan fingerprint density at radius 2 is 2.00 bits per heavy atom. The van der Waals surface area contributed by atoms with Gasteiger partial charge in [0.2, 0.25) is 17.7 Å². The smallest absolute Gasteiger partial charge is 0.268 e. The van der Waals surface area contributed by atoms with E-state index in [1.807, 2.05) is 37.3 Å². The molecule has 1 aromatic rings. The number of hydrogen-bond donors (Lipinski definition) is 1. The van der Waals surface area contributed by atoms with Crippen molar-refractivity contribution in [3.63, 3.8) is 0 Å². The fraction of sp³-hybridized carbons (Fsp3) is 0.524. The molecular formula is C21H24F2N4O3. The lowest BCUT2D eigenvalue weighted by atomic mass is 9.83. The maximum absolute atomic E-state index is 13.6. The zero-order valence-electron chi connectivity index (χ0n) is 16.7. The average Bonchev–Trinajstić information content (AvgIpc) is 3.06. The summed E-state index contributed by atoms with van der Waals surface area (Å²) >= 11 is 0. The fourth-order valence-corrected chi connectivity index (χ4v) is 4.25. The highest BCUT2D eigenvalue weighted by Gasteiger charge is 2.47. The molecule has 2 heterocycles. The Balaban J connectivity index is 1.71. The second-order valence-corrected chi connectivity index (χ2v) is 7.62. The van der Waals surface area contributed by atoms with E-state index in [1.165, 1.54) is 0 Å². The van der Waals surface area contributed by atoms with Crippen molar-refractivity contribution in [3.05, 3.63) is 35.9 Å². The Kier molecular flexibility index (Phi) is 6.34. The number of hydrogen-bond acceptors (Lipinski definition) is 4. The lowest BCUT2D eigenvalue weighted by Crippen LogP contribution is -2.50. The largest absolute Gasteiger partial charge is 0.347 e. The lowest BCUT2D eigenvalue weighted by Gasteiger charge is -2.40. The number of benzene rings is 1. The van der Waals surface area contributed by atoms with Crippen LogP contribution in [-0.4, -0.2) is 59.1 Å². The SMILES string of the molecule is CCN1C(=O)CCC(C(=O)NCC(=O)N2CC(F)(F)C[C@H]2C#N)C1c1ccccc1. The first-order chi connectivity index (χ1) is 14.3. The van der Waals surface area contributed by atoms with Crippen molar-refractivity contribution in [2.24, 2.45) is 5.92 Å². The molecule has 0 aliphatic carbocycles. The number of piperidine rings is 1. The minimum atomic E-state index is -3.11. The van der Waals surface area contributed by atoms with E-state index in [0.29, 0.717) is 13.0 Å². The van der Waals surface area contributed by atoms with E-state index in [9.17, 15) is 23.2 Å². The van der Waals surface area contributed by atoms with Crippen molar-refractivity contribution in [1.29, 1.82) is 5.26 Å². The Morgan fingerprint density at radius 3 is 2.63 bits per heavy atom. The second-order valence-electron chi connectivity index (χ2n) is 7.62. The van der Waals surface area contributed by atoms with Crippen LogP contribution in [-0.2, 0) is 14.4 Å². The van der Waals surface area contributed by atoms with Crippen LogP contribution in [0.4, 0.5) is 8.78 Å². The van der Waals surface area contributed by atoms with Crippen LogP contribution >= 0.6 is 0 Å². The van der Waals surface area contributed by atoms with E-state index in [1.54, 1.807) is 11.0 Å². The van der Waals surface area contributed by atoms with Gasteiger partial charge in [0.05, 0.1) is 31.1 Å². The van der Waals surface area contributed by atoms with Gasteiger partial charge >= 0.3 is 0 Å². The van der Waals surface area contributed by atoms with Crippen LogP contribution in [0, 0.1) is 17.2 Å². The molecule has 3 atom stereocenters. The predicted octanol–water partition coefficient (Wildman–Crippen LogP) is 1.86. The van der Waals surface area contributed by atoms with Crippen LogP contribution in [0.25, 0.3) is 0 Å². The number of amides is 3. The molecule has 3 rings (SSSR count). The first-order valence-corrected chi connectivity index (χ1v) is 9.96. The summed E-state index contributed by atoms with van der Waals surface area (Å²) in [4.78, 5) is 40.1. The molecule has 0 aromatic heterocycles. The van der Waals surface area contributed by atoms with E-state index in [4.69, 9.17) is 5.26 Å². The van der Waals surface area contributed by atoms with Crippen LogP contribution in [0.3, 0.4) is 0 Å². The maximum Gasteiger partial charge on any atom is 0.268 e. The second kappa shape index (κ2) is 8.78. The molecule has 2 saturated heterocycles. The van der Waals surface area contributed by atoms with Crippen LogP contribution in [0.5, 0.6) is 0 Å². The molecule has 1 aromatic carbocycles. The molecule has 2 unspecified atom stereocenters. The number of nitrogens with one attached hydrogen (secondary N) is 1. The van der Waals surface area contributed by atoms with E-state index in [0.717, 1.165) is 10.5 Å². The monoisotopic (exact) mass is 418 g/mol. The zero-order valence-corrected chi connectivity index (χ0v) is 16.7. The molecule has 7 nitrogen and oxygen atoms in total. The van der Waals surface area contributed by atoms with Gasteiger partial charge in [-0.25, -0.2) is 8.78 Å². The summed E-state index contributed by atoms with van der Waals surface area (Å²) in [5.74, 6) is -4.85. The molecule has 2 aliphatic rings. The van der Waals surface area contributed by atoms with Gasteiger partial charge in [0.1, 0.15) is 6.04 Å². The summed E-state index contributed by atoms with van der Waals surface area (Å²) in [7, 11) is 0. The van der Waals surface area contributed by atoms with E-state index in [-0.39, 0.29) is 12.3 Å². The molecule has 160 valence electrons.